The fourth-order valence-electron chi connectivity index (χ4n) is 2.67. The zero-order valence-electron chi connectivity index (χ0n) is 16.5. The molecule has 1 atom stereocenters. The molecule has 0 fully saturated rings. The summed E-state index contributed by atoms with van der Waals surface area (Å²) < 4.78 is 0. The van der Waals surface area contributed by atoms with Crippen molar-refractivity contribution in [2.24, 2.45) is 10.9 Å². The number of aliphatic hydroxyl groups excluding tert-OH is 1. The van der Waals surface area contributed by atoms with E-state index in [2.05, 4.69) is 27.9 Å². The molecule has 1 rings (SSSR count). The van der Waals surface area contributed by atoms with Gasteiger partial charge in [-0.3, -0.25) is 9.79 Å². The summed E-state index contributed by atoms with van der Waals surface area (Å²) in [7, 11) is 0. The van der Waals surface area contributed by atoms with E-state index in [4.69, 9.17) is 5.11 Å². The second-order valence-corrected chi connectivity index (χ2v) is 6.29. The molecule has 27 heavy (non-hydrogen) atoms. The topological polar surface area (TPSA) is 85.8 Å². The van der Waals surface area contributed by atoms with Crippen molar-refractivity contribution in [1.82, 2.24) is 16.0 Å². The third-order valence-corrected chi connectivity index (χ3v) is 4.05. The van der Waals surface area contributed by atoms with Crippen LogP contribution < -0.4 is 16.0 Å². The molecule has 0 aliphatic carbocycles. The van der Waals surface area contributed by atoms with Crippen LogP contribution in [-0.2, 0) is 0 Å². The van der Waals surface area contributed by atoms with Crippen LogP contribution >= 0.6 is 24.0 Å². The Hall–Kier alpha value is -1.35. The van der Waals surface area contributed by atoms with Gasteiger partial charge in [0, 0.05) is 38.3 Å². The second-order valence-electron chi connectivity index (χ2n) is 6.29. The molecule has 154 valence electrons. The highest BCUT2D eigenvalue weighted by molar-refractivity contribution is 14.0. The van der Waals surface area contributed by atoms with E-state index in [0.29, 0.717) is 24.6 Å². The van der Waals surface area contributed by atoms with Crippen molar-refractivity contribution in [3.05, 3.63) is 35.9 Å². The van der Waals surface area contributed by atoms with Gasteiger partial charge in [0.15, 0.2) is 5.96 Å². The Morgan fingerprint density at radius 1 is 1.07 bits per heavy atom. The monoisotopic (exact) mass is 490 g/mol. The van der Waals surface area contributed by atoms with Crippen molar-refractivity contribution in [3.63, 3.8) is 0 Å². The Kier molecular flexibility index (Phi) is 16.0. The van der Waals surface area contributed by atoms with Crippen LogP contribution in [0.25, 0.3) is 0 Å². The van der Waals surface area contributed by atoms with Crippen LogP contribution in [-0.4, -0.2) is 49.8 Å². The predicted molar refractivity (Wildman–Crippen MR) is 123 cm³/mol. The van der Waals surface area contributed by atoms with E-state index in [9.17, 15) is 4.79 Å². The summed E-state index contributed by atoms with van der Waals surface area (Å²) in [5, 5.41) is 18.6. The molecule has 0 heterocycles. The van der Waals surface area contributed by atoms with Crippen molar-refractivity contribution in [1.29, 1.82) is 0 Å². The first-order valence-electron chi connectivity index (χ1n) is 9.67. The van der Waals surface area contributed by atoms with Crippen molar-refractivity contribution >= 4 is 35.8 Å². The molecule has 1 amide bonds. The lowest BCUT2D eigenvalue weighted by Crippen LogP contribution is -2.39. The SMILES string of the molecule is CCCC(CCO)CN=C(NCC)NCCCNC(=O)c1ccccc1.I. The molecule has 0 aromatic heterocycles. The van der Waals surface area contributed by atoms with E-state index in [1.165, 1.54) is 0 Å². The fraction of sp³-hybridized carbons (Fsp3) is 0.600. The van der Waals surface area contributed by atoms with Gasteiger partial charge in [-0.05, 0) is 44.2 Å². The number of carbonyl (C=O) groups is 1. The van der Waals surface area contributed by atoms with Gasteiger partial charge in [-0.2, -0.15) is 0 Å². The fourth-order valence-corrected chi connectivity index (χ4v) is 2.67. The second kappa shape index (κ2) is 16.8. The number of nitrogens with zero attached hydrogens (tertiary/aromatic N) is 1. The Labute approximate surface area is 180 Å². The van der Waals surface area contributed by atoms with Gasteiger partial charge in [0.25, 0.3) is 5.91 Å². The molecule has 6 nitrogen and oxygen atoms in total. The number of aliphatic hydroxyl groups is 1. The molecule has 0 saturated heterocycles. The first-order valence-corrected chi connectivity index (χ1v) is 9.67. The van der Waals surface area contributed by atoms with E-state index < -0.39 is 0 Å². The Morgan fingerprint density at radius 3 is 2.41 bits per heavy atom. The standard InChI is InChI=1S/C20H34N4O2.HI/c1-3-9-17(12-15-25)16-24-20(21-4-2)23-14-8-13-22-19(26)18-10-6-5-7-11-18;/h5-7,10-11,17,25H,3-4,8-9,12-16H2,1-2H3,(H,22,26)(H2,21,23,24);1H. The van der Waals surface area contributed by atoms with Gasteiger partial charge >= 0.3 is 0 Å². The molecule has 1 aromatic carbocycles. The molecule has 0 radical (unpaired) electrons. The average molecular weight is 490 g/mol. The van der Waals surface area contributed by atoms with Crippen LogP contribution in [0.3, 0.4) is 0 Å². The maximum Gasteiger partial charge on any atom is 0.251 e. The number of nitrogens with one attached hydrogen (secondary N) is 3. The lowest BCUT2D eigenvalue weighted by molar-refractivity contribution is 0.0953. The van der Waals surface area contributed by atoms with Crippen molar-refractivity contribution in [3.8, 4) is 0 Å². The van der Waals surface area contributed by atoms with Crippen LogP contribution in [0.15, 0.2) is 35.3 Å². The molecular weight excluding hydrogens is 455 g/mol. The van der Waals surface area contributed by atoms with Gasteiger partial charge in [0.1, 0.15) is 0 Å². The third kappa shape index (κ3) is 11.9. The highest BCUT2D eigenvalue weighted by Gasteiger charge is 2.07. The first kappa shape index (κ1) is 25.6. The lowest BCUT2D eigenvalue weighted by Gasteiger charge is -2.15. The minimum absolute atomic E-state index is 0. The molecule has 1 aromatic rings. The van der Waals surface area contributed by atoms with Gasteiger partial charge in [0.05, 0.1) is 0 Å². The zero-order chi connectivity index (χ0) is 19.0. The Bertz CT molecular complexity index is 520. The summed E-state index contributed by atoms with van der Waals surface area (Å²) in [6.07, 6.45) is 3.79. The summed E-state index contributed by atoms with van der Waals surface area (Å²) in [6, 6.07) is 9.23. The molecule has 1 unspecified atom stereocenters. The summed E-state index contributed by atoms with van der Waals surface area (Å²) in [5.74, 6) is 1.17. The van der Waals surface area contributed by atoms with E-state index >= 15 is 0 Å². The van der Waals surface area contributed by atoms with Crippen LogP contribution in [0.1, 0.15) is 49.9 Å². The molecule has 0 saturated carbocycles. The van der Waals surface area contributed by atoms with Gasteiger partial charge in [-0.25, -0.2) is 0 Å². The summed E-state index contributed by atoms with van der Waals surface area (Å²) >= 11 is 0. The Morgan fingerprint density at radius 2 is 1.78 bits per heavy atom. The Balaban J connectivity index is 0.00000676. The number of benzene rings is 1. The van der Waals surface area contributed by atoms with Gasteiger partial charge in [-0.1, -0.05) is 31.5 Å². The largest absolute Gasteiger partial charge is 0.396 e. The van der Waals surface area contributed by atoms with Crippen LogP contribution in [0, 0.1) is 5.92 Å². The quantitative estimate of drug-likeness (QED) is 0.157. The minimum Gasteiger partial charge on any atom is -0.396 e. The van der Waals surface area contributed by atoms with Crippen molar-refractivity contribution in [2.45, 2.75) is 39.5 Å². The summed E-state index contributed by atoms with van der Waals surface area (Å²) in [5.41, 5.74) is 0.682. The summed E-state index contributed by atoms with van der Waals surface area (Å²) in [4.78, 5) is 16.6. The van der Waals surface area contributed by atoms with Crippen LogP contribution in [0.5, 0.6) is 0 Å². The zero-order valence-corrected chi connectivity index (χ0v) is 18.9. The molecule has 7 heteroatoms. The number of aliphatic imine (C=N–C) groups is 1. The third-order valence-electron chi connectivity index (χ3n) is 4.05. The predicted octanol–water partition coefficient (Wildman–Crippen LogP) is 2.78. The molecule has 0 spiro atoms. The smallest absolute Gasteiger partial charge is 0.251 e. The van der Waals surface area contributed by atoms with Gasteiger partial charge in [-0.15, -0.1) is 24.0 Å². The van der Waals surface area contributed by atoms with E-state index in [1.54, 1.807) is 0 Å². The molecule has 4 N–H and O–H groups in total. The maximum absolute atomic E-state index is 12.0. The van der Waals surface area contributed by atoms with E-state index in [-0.39, 0.29) is 36.5 Å². The molecule has 0 aliphatic rings. The first-order chi connectivity index (χ1) is 12.7. The van der Waals surface area contributed by atoms with E-state index in [0.717, 1.165) is 44.7 Å². The number of amides is 1. The molecule has 0 bridgehead atoms. The maximum atomic E-state index is 12.0. The number of hydrogen-bond acceptors (Lipinski definition) is 3. The number of carbonyl (C=O) groups excluding carboxylic acids is 1. The lowest BCUT2D eigenvalue weighted by atomic mass is 10.0. The van der Waals surface area contributed by atoms with Crippen molar-refractivity contribution < 1.29 is 9.90 Å². The highest BCUT2D eigenvalue weighted by Crippen LogP contribution is 2.10. The number of guanidine groups is 1. The number of halogens is 1. The normalized spacial score (nSPS) is 12.0. The van der Waals surface area contributed by atoms with Crippen LogP contribution in [0.4, 0.5) is 0 Å². The molecular formula is C20H35IN4O2. The highest BCUT2D eigenvalue weighted by atomic mass is 127. The summed E-state index contributed by atoms with van der Waals surface area (Å²) in [6.45, 7) is 7.27. The van der Waals surface area contributed by atoms with Crippen LogP contribution in [0.2, 0.25) is 0 Å². The average Bonchev–Trinajstić information content (AvgIpc) is 2.66. The molecule has 0 aliphatic heterocycles. The van der Waals surface area contributed by atoms with Gasteiger partial charge in [0.2, 0.25) is 0 Å². The van der Waals surface area contributed by atoms with Crippen molar-refractivity contribution in [2.75, 3.05) is 32.8 Å². The van der Waals surface area contributed by atoms with E-state index in [1.807, 2.05) is 37.3 Å². The van der Waals surface area contributed by atoms with Gasteiger partial charge < -0.3 is 21.1 Å². The number of rotatable bonds is 12. The minimum atomic E-state index is -0.0439. The number of hydrogen-bond donors (Lipinski definition) is 4.